The van der Waals surface area contributed by atoms with Crippen molar-refractivity contribution < 1.29 is 29.3 Å². The van der Waals surface area contributed by atoms with Crippen molar-refractivity contribution in [1.29, 1.82) is 0 Å². The number of hydrogen-bond donors (Lipinski definition) is 3. The minimum atomic E-state index is -2.03. The smallest absolute Gasteiger partial charge is 0.337 e. The van der Waals surface area contributed by atoms with Gasteiger partial charge in [-0.25, -0.2) is 4.79 Å². The van der Waals surface area contributed by atoms with Crippen LogP contribution in [0.25, 0.3) is 0 Å². The summed E-state index contributed by atoms with van der Waals surface area (Å²) in [7, 11) is 0. The molecule has 1 aromatic rings. The summed E-state index contributed by atoms with van der Waals surface area (Å²) < 4.78 is 11.4. The van der Waals surface area contributed by atoms with Gasteiger partial charge in [0.1, 0.15) is 13.2 Å². The number of amides is 1. The van der Waals surface area contributed by atoms with Crippen LogP contribution in [0.2, 0.25) is 0 Å². The lowest BCUT2D eigenvalue weighted by Crippen LogP contribution is -2.46. The molecule has 0 radical (unpaired) electrons. The Morgan fingerprint density at radius 2 is 2.05 bits per heavy atom. The zero-order valence-electron chi connectivity index (χ0n) is 11.2. The highest BCUT2D eigenvalue weighted by Crippen LogP contribution is 2.38. The average Bonchev–Trinajstić information content (AvgIpc) is 2.44. The zero-order chi connectivity index (χ0) is 15.6. The molecule has 0 aromatic heterocycles. The third-order valence-corrected chi connectivity index (χ3v) is 3.50. The molecular formula is C13H14BrNO6. The van der Waals surface area contributed by atoms with Gasteiger partial charge in [-0.15, -0.1) is 0 Å². The number of hydrogen-bond acceptors (Lipinski definition) is 5. The summed E-state index contributed by atoms with van der Waals surface area (Å²) in [6.45, 7) is 1.51. The molecule has 1 heterocycles. The third kappa shape index (κ3) is 3.45. The number of carboxylic acid groups (broad SMARTS) is 1. The van der Waals surface area contributed by atoms with E-state index in [1.165, 1.54) is 6.07 Å². The summed E-state index contributed by atoms with van der Waals surface area (Å²) in [6, 6.07) is 3.04. The molecule has 0 saturated heterocycles. The highest BCUT2D eigenvalue weighted by Gasteiger charge is 2.30. The maximum absolute atomic E-state index is 12.0. The number of benzene rings is 1. The van der Waals surface area contributed by atoms with Crippen LogP contribution in [0, 0.1) is 0 Å². The number of nitrogens with one attached hydrogen (secondary N) is 1. The minimum Gasteiger partial charge on any atom is -0.486 e. The van der Waals surface area contributed by atoms with Gasteiger partial charge in [0.2, 0.25) is 0 Å². The monoisotopic (exact) mass is 359 g/mol. The van der Waals surface area contributed by atoms with Crippen molar-refractivity contribution in [3.8, 4) is 11.5 Å². The van der Waals surface area contributed by atoms with Crippen molar-refractivity contribution in [2.45, 2.75) is 12.5 Å². The van der Waals surface area contributed by atoms with Gasteiger partial charge in [0.05, 0.1) is 11.0 Å². The number of carboxylic acids is 1. The molecule has 1 amide bonds. The van der Waals surface area contributed by atoms with E-state index < -0.39 is 24.0 Å². The van der Waals surface area contributed by atoms with Crippen LogP contribution in [-0.2, 0) is 4.79 Å². The summed E-state index contributed by atoms with van der Waals surface area (Å²) in [5.74, 6) is -0.971. The average molecular weight is 360 g/mol. The van der Waals surface area contributed by atoms with Gasteiger partial charge in [0, 0.05) is 5.56 Å². The van der Waals surface area contributed by atoms with E-state index in [0.29, 0.717) is 29.2 Å². The van der Waals surface area contributed by atoms with Crippen molar-refractivity contribution in [3.63, 3.8) is 0 Å². The van der Waals surface area contributed by atoms with Gasteiger partial charge in [-0.05, 0) is 35.0 Å². The fourth-order valence-corrected chi connectivity index (χ4v) is 2.23. The van der Waals surface area contributed by atoms with Gasteiger partial charge in [0.25, 0.3) is 5.91 Å². The maximum atomic E-state index is 12.0. The van der Waals surface area contributed by atoms with Crippen LogP contribution in [0.4, 0.5) is 0 Å². The summed E-state index contributed by atoms with van der Waals surface area (Å²) in [4.78, 5) is 22.8. The highest BCUT2D eigenvalue weighted by molar-refractivity contribution is 9.10. The molecule has 1 aliphatic rings. The van der Waals surface area contributed by atoms with Crippen molar-refractivity contribution in [2.75, 3.05) is 19.8 Å². The molecule has 1 unspecified atom stereocenters. The van der Waals surface area contributed by atoms with E-state index in [4.69, 9.17) is 14.6 Å². The first-order valence-electron chi connectivity index (χ1n) is 6.14. The van der Waals surface area contributed by atoms with Gasteiger partial charge in [-0.1, -0.05) is 0 Å². The minimum absolute atomic E-state index is 0.271. The molecule has 114 valence electrons. The molecule has 2 rings (SSSR count). The molecule has 1 aliphatic heterocycles. The van der Waals surface area contributed by atoms with Gasteiger partial charge in [-0.3, -0.25) is 4.79 Å². The molecule has 21 heavy (non-hydrogen) atoms. The zero-order valence-corrected chi connectivity index (χ0v) is 12.8. The lowest BCUT2D eigenvalue weighted by Gasteiger charge is -2.21. The van der Waals surface area contributed by atoms with Crippen LogP contribution < -0.4 is 14.8 Å². The predicted molar refractivity (Wildman–Crippen MR) is 75.7 cm³/mol. The van der Waals surface area contributed by atoms with Gasteiger partial charge < -0.3 is 25.0 Å². The Balaban J connectivity index is 2.13. The number of carbonyl (C=O) groups is 2. The quantitative estimate of drug-likeness (QED) is 0.733. The number of halogens is 1. The van der Waals surface area contributed by atoms with E-state index in [1.54, 1.807) is 6.07 Å². The molecule has 1 aromatic carbocycles. The number of rotatable bonds is 4. The Bertz CT molecular complexity index is 586. The molecule has 0 bridgehead atoms. The predicted octanol–water partition coefficient (Wildman–Crippen LogP) is 0.786. The van der Waals surface area contributed by atoms with Crippen molar-refractivity contribution >= 4 is 27.8 Å². The molecule has 0 fully saturated rings. The summed E-state index contributed by atoms with van der Waals surface area (Å²) in [5.41, 5.74) is -1.76. The second-order valence-corrected chi connectivity index (χ2v) is 5.60. The van der Waals surface area contributed by atoms with E-state index in [2.05, 4.69) is 21.2 Å². The van der Waals surface area contributed by atoms with Crippen LogP contribution in [0.15, 0.2) is 16.6 Å². The van der Waals surface area contributed by atoms with Crippen LogP contribution in [0.3, 0.4) is 0 Å². The van der Waals surface area contributed by atoms with E-state index in [1.807, 2.05) is 0 Å². The van der Waals surface area contributed by atoms with Crippen LogP contribution in [0.5, 0.6) is 11.5 Å². The fraction of sp³-hybridized carbons (Fsp3) is 0.385. The number of aliphatic carboxylic acids is 1. The largest absolute Gasteiger partial charge is 0.486 e. The van der Waals surface area contributed by atoms with Crippen LogP contribution >= 0.6 is 15.9 Å². The Kier molecular flexibility index (Phi) is 4.38. The van der Waals surface area contributed by atoms with E-state index in [9.17, 15) is 14.7 Å². The summed E-state index contributed by atoms with van der Waals surface area (Å²) in [6.07, 6.45) is 0. The number of carbonyl (C=O) groups excluding carboxylic acids is 1. The molecule has 0 spiro atoms. The normalized spacial score (nSPS) is 16.0. The van der Waals surface area contributed by atoms with Crippen LogP contribution in [0.1, 0.15) is 17.3 Å². The molecule has 3 N–H and O–H groups in total. The molecular weight excluding hydrogens is 346 g/mol. The van der Waals surface area contributed by atoms with E-state index in [-0.39, 0.29) is 5.56 Å². The summed E-state index contributed by atoms with van der Waals surface area (Å²) >= 11 is 3.29. The van der Waals surface area contributed by atoms with E-state index >= 15 is 0 Å². The Hall–Kier alpha value is -1.80. The number of aliphatic hydroxyl groups is 1. The molecule has 7 nitrogen and oxygen atoms in total. The Labute approximate surface area is 129 Å². The topological polar surface area (TPSA) is 105 Å². The fourth-order valence-electron chi connectivity index (χ4n) is 1.67. The van der Waals surface area contributed by atoms with Crippen molar-refractivity contribution in [2.24, 2.45) is 0 Å². The lowest BCUT2D eigenvalue weighted by molar-refractivity contribution is -0.155. The summed E-state index contributed by atoms with van der Waals surface area (Å²) in [5, 5.41) is 20.7. The standard InChI is InChI=1S/C13H14BrNO6/c1-13(19,12(17)18)6-15-11(16)7-4-8(14)10-9(5-7)20-2-3-21-10/h4-5,19H,2-3,6H2,1H3,(H,15,16)(H,17,18). The van der Waals surface area contributed by atoms with Gasteiger partial charge in [0.15, 0.2) is 17.1 Å². The van der Waals surface area contributed by atoms with Crippen molar-refractivity contribution in [3.05, 3.63) is 22.2 Å². The SMILES string of the molecule is CC(O)(CNC(=O)c1cc(Br)c2c(c1)OCCO2)C(=O)O. The highest BCUT2D eigenvalue weighted by atomic mass is 79.9. The number of ether oxygens (including phenoxy) is 2. The second kappa shape index (κ2) is 5.90. The van der Waals surface area contributed by atoms with Gasteiger partial charge >= 0.3 is 5.97 Å². The molecule has 0 aliphatic carbocycles. The number of fused-ring (bicyclic) bond motifs is 1. The first kappa shape index (κ1) is 15.6. The Morgan fingerprint density at radius 3 is 2.71 bits per heavy atom. The molecule has 1 atom stereocenters. The first-order chi connectivity index (χ1) is 9.81. The third-order valence-electron chi connectivity index (χ3n) is 2.91. The van der Waals surface area contributed by atoms with Gasteiger partial charge in [-0.2, -0.15) is 0 Å². The van der Waals surface area contributed by atoms with E-state index in [0.717, 1.165) is 6.92 Å². The maximum Gasteiger partial charge on any atom is 0.337 e. The second-order valence-electron chi connectivity index (χ2n) is 4.74. The molecule has 8 heteroatoms. The molecule has 0 saturated carbocycles. The first-order valence-corrected chi connectivity index (χ1v) is 6.93. The van der Waals surface area contributed by atoms with Crippen LogP contribution in [-0.4, -0.2) is 47.4 Å². The Morgan fingerprint density at radius 1 is 1.38 bits per heavy atom. The lowest BCUT2D eigenvalue weighted by atomic mass is 10.1. The van der Waals surface area contributed by atoms with Crippen molar-refractivity contribution in [1.82, 2.24) is 5.32 Å².